The summed E-state index contributed by atoms with van der Waals surface area (Å²) in [5.74, 6) is 1.60. The van der Waals surface area contributed by atoms with Crippen molar-refractivity contribution in [2.24, 2.45) is 5.92 Å². The molecule has 3 nitrogen and oxygen atoms in total. The molecule has 1 aliphatic rings. The van der Waals surface area contributed by atoms with Crippen LogP contribution in [0.5, 0.6) is 0 Å². The van der Waals surface area contributed by atoms with E-state index in [0.29, 0.717) is 5.92 Å². The maximum Gasteiger partial charge on any atom is 0.407 e. The molecule has 1 amide bonds. The third-order valence-electron chi connectivity index (χ3n) is 3.37. The van der Waals surface area contributed by atoms with Crippen LogP contribution in [0, 0.1) is 5.92 Å². The van der Waals surface area contributed by atoms with Crippen molar-refractivity contribution in [3.63, 3.8) is 0 Å². The molecule has 0 aliphatic heterocycles. The second-order valence-electron chi connectivity index (χ2n) is 5.68. The fraction of sp³-hybridized carbons (Fsp3) is 0.917. The van der Waals surface area contributed by atoms with E-state index in [-0.39, 0.29) is 11.6 Å². The second-order valence-corrected chi connectivity index (χ2v) is 6.05. The summed E-state index contributed by atoms with van der Waals surface area (Å²) in [5, 5.41) is 9.30. The van der Waals surface area contributed by atoms with Gasteiger partial charge in [0.05, 0.1) is 0 Å². The highest BCUT2D eigenvalue weighted by molar-refractivity contribution is 7.80. The van der Waals surface area contributed by atoms with Crippen LogP contribution in [0.1, 0.15) is 46.5 Å². The summed E-state index contributed by atoms with van der Waals surface area (Å²) in [5.41, 5.74) is -0.301. The van der Waals surface area contributed by atoms with Gasteiger partial charge in [-0.3, -0.25) is 0 Å². The van der Waals surface area contributed by atoms with Gasteiger partial charge in [-0.25, -0.2) is 4.79 Å². The van der Waals surface area contributed by atoms with E-state index in [2.05, 4.69) is 12.6 Å². The molecule has 0 radical (unpaired) electrons. The molecule has 0 heterocycles. The molecule has 0 aromatic carbocycles. The van der Waals surface area contributed by atoms with Crippen molar-refractivity contribution < 1.29 is 9.90 Å². The van der Waals surface area contributed by atoms with E-state index in [4.69, 9.17) is 0 Å². The Morgan fingerprint density at radius 2 is 1.81 bits per heavy atom. The smallest absolute Gasteiger partial charge is 0.407 e. The van der Waals surface area contributed by atoms with E-state index in [1.807, 2.05) is 20.8 Å². The molecule has 0 spiro atoms. The van der Waals surface area contributed by atoms with Crippen molar-refractivity contribution >= 4 is 18.7 Å². The van der Waals surface area contributed by atoms with Crippen LogP contribution in [-0.2, 0) is 0 Å². The van der Waals surface area contributed by atoms with Gasteiger partial charge in [-0.15, -0.1) is 0 Å². The number of hydrogen-bond donors (Lipinski definition) is 2. The quantitative estimate of drug-likeness (QED) is 0.733. The fourth-order valence-corrected chi connectivity index (χ4v) is 2.94. The highest BCUT2D eigenvalue weighted by atomic mass is 32.1. The van der Waals surface area contributed by atoms with Crippen molar-refractivity contribution in [3.8, 4) is 0 Å². The standard InChI is InChI=1S/C12H23NO2S/c1-12(2,3)13(11(14)15)10-6-4-9(8-16)5-7-10/h9-10,16H,4-8H2,1-3H3,(H,14,15). The van der Waals surface area contributed by atoms with Crippen LogP contribution >= 0.6 is 12.6 Å². The second kappa shape index (κ2) is 5.30. The zero-order chi connectivity index (χ0) is 12.3. The van der Waals surface area contributed by atoms with E-state index in [0.717, 1.165) is 31.4 Å². The molecule has 0 atom stereocenters. The molecular formula is C12H23NO2S. The number of carbonyl (C=O) groups is 1. The zero-order valence-corrected chi connectivity index (χ0v) is 11.3. The van der Waals surface area contributed by atoms with Crippen molar-refractivity contribution in [1.82, 2.24) is 4.90 Å². The van der Waals surface area contributed by atoms with Gasteiger partial charge in [-0.1, -0.05) is 0 Å². The fourth-order valence-electron chi connectivity index (χ4n) is 2.58. The van der Waals surface area contributed by atoms with E-state index in [9.17, 15) is 9.90 Å². The number of carboxylic acid groups (broad SMARTS) is 1. The number of rotatable bonds is 2. The topological polar surface area (TPSA) is 40.5 Å². The van der Waals surface area contributed by atoms with E-state index in [1.165, 1.54) is 0 Å². The summed E-state index contributed by atoms with van der Waals surface area (Å²) in [7, 11) is 0. The van der Waals surface area contributed by atoms with Gasteiger partial charge in [-0.2, -0.15) is 12.6 Å². The first kappa shape index (κ1) is 13.7. The summed E-state index contributed by atoms with van der Waals surface area (Å²) < 4.78 is 0. The van der Waals surface area contributed by atoms with Crippen LogP contribution in [0.4, 0.5) is 4.79 Å². The molecule has 1 N–H and O–H groups in total. The molecule has 1 rings (SSSR count). The maximum atomic E-state index is 11.3. The first-order valence-electron chi connectivity index (χ1n) is 5.99. The predicted molar refractivity (Wildman–Crippen MR) is 69.2 cm³/mol. The normalized spacial score (nSPS) is 26.5. The van der Waals surface area contributed by atoms with Gasteiger partial charge in [0.15, 0.2) is 0 Å². The molecule has 1 aliphatic carbocycles. The molecule has 16 heavy (non-hydrogen) atoms. The summed E-state index contributed by atoms with van der Waals surface area (Å²) in [4.78, 5) is 12.9. The van der Waals surface area contributed by atoms with E-state index < -0.39 is 6.09 Å². The van der Waals surface area contributed by atoms with E-state index in [1.54, 1.807) is 4.90 Å². The van der Waals surface area contributed by atoms with Gasteiger partial charge in [-0.05, 0) is 58.1 Å². The Balaban J connectivity index is 2.65. The minimum atomic E-state index is -0.790. The van der Waals surface area contributed by atoms with Crippen LogP contribution in [0.25, 0.3) is 0 Å². The Bertz CT molecular complexity index is 242. The van der Waals surface area contributed by atoms with Crippen molar-refractivity contribution in [1.29, 1.82) is 0 Å². The van der Waals surface area contributed by atoms with E-state index >= 15 is 0 Å². The molecule has 0 saturated heterocycles. The average Bonchev–Trinajstić information content (AvgIpc) is 2.16. The third kappa shape index (κ3) is 3.30. The Morgan fingerprint density at radius 1 is 1.31 bits per heavy atom. The minimum Gasteiger partial charge on any atom is -0.465 e. The Morgan fingerprint density at radius 3 is 2.12 bits per heavy atom. The van der Waals surface area contributed by atoms with Crippen LogP contribution in [0.15, 0.2) is 0 Å². The van der Waals surface area contributed by atoms with Crippen LogP contribution in [0.2, 0.25) is 0 Å². The van der Waals surface area contributed by atoms with Crippen LogP contribution in [0.3, 0.4) is 0 Å². The molecule has 1 saturated carbocycles. The monoisotopic (exact) mass is 245 g/mol. The average molecular weight is 245 g/mol. The molecule has 0 aromatic rings. The van der Waals surface area contributed by atoms with Gasteiger partial charge in [0.1, 0.15) is 0 Å². The molecular weight excluding hydrogens is 222 g/mol. The van der Waals surface area contributed by atoms with Crippen LogP contribution < -0.4 is 0 Å². The molecule has 0 bridgehead atoms. The van der Waals surface area contributed by atoms with Gasteiger partial charge in [0, 0.05) is 11.6 Å². The van der Waals surface area contributed by atoms with Gasteiger partial charge >= 0.3 is 6.09 Å². The van der Waals surface area contributed by atoms with Gasteiger partial charge in [0.2, 0.25) is 0 Å². The Kier molecular flexibility index (Phi) is 4.53. The Labute approximate surface area is 104 Å². The highest BCUT2D eigenvalue weighted by Crippen LogP contribution is 2.31. The predicted octanol–water partition coefficient (Wildman–Crippen LogP) is 3.25. The number of thiol groups is 1. The molecule has 0 unspecified atom stereocenters. The largest absolute Gasteiger partial charge is 0.465 e. The number of hydrogen-bond acceptors (Lipinski definition) is 2. The minimum absolute atomic E-state index is 0.189. The Hall–Kier alpha value is -0.380. The SMILES string of the molecule is CC(C)(C)N(C(=O)O)C1CCC(CS)CC1. The van der Waals surface area contributed by atoms with Crippen molar-refractivity contribution in [2.45, 2.75) is 58.0 Å². The molecule has 1 fully saturated rings. The summed E-state index contributed by atoms with van der Waals surface area (Å²) in [6.07, 6.45) is 3.38. The summed E-state index contributed by atoms with van der Waals surface area (Å²) in [6, 6.07) is 0.189. The summed E-state index contributed by atoms with van der Waals surface area (Å²) in [6.45, 7) is 5.89. The molecule has 94 valence electrons. The lowest BCUT2D eigenvalue weighted by atomic mass is 9.85. The number of amides is 1. The maximum absolute atomic E-state index is 11.3. The van der Waals surface area contributed by atoms with Crippen molar-refractivity contribution in [2.75, 3.05) is 5.75 Å². The third-order valence-corrected chi connectivity index (χ3v) is 3.88. The van der Waals surface area contributed by atoms with Gasteiger partial charge < -0.3 is 10.0 Å². The lowest BCUT2D eigenvalue weighted by molar-refractivity contribution is 0.0519. The van der Waals surface area contributed by atoms with Crippen molar-refractivity contribution in [3.05, 3.63) is 0 Å². The molecule has 0 aromatic heterocycles. The molecule has 4 heteroatoms. The van der Waals surface area contributed by atoms with Crippen LogP contribution in [-0.4, -0.2) is 33.4 Å². The zero-order valence-electron chi connectivity index (χ0n) is 10.4. The first-order chi connectivity index (χ1) is 7.36. The lowest BCUT2D eigenvalue weighted by Gasteiger charge is -2.42. The highest BCUT2D eigenvalue weighted by Gasteiger charge is 2.35. The summed E-state index contributed by atoms with van der Waals surface area (Å²) >= 11 is 4.31. The van der Waals surface area contributed by atoms with Gasteiger partial charge in [0.25, 0.3) is 0 Å². The first-order valence-corrected chi connectivity index (χ1v) is 6.62. The number of nitrogens with zero attached hydrogens (tertiary/aromatic N) is 1. The lowest BCUT2D eigenvalue weighted by Crippen LogP contribution is -2.52.